The average Bonchev–Trinajstić information content (AvgIpc) is 3.45. The zero-order valence-corrected chi connectivity index (χ0v) is 18.9. The van der Waals surface area contributed by atoms with Crippen molar-refractivity contribution in [2.45, 2.75) is 18.9 Å². The summed E-state index contributed by atoms with van der Waals surface area (Å²) in [6.07, 6.45) is 1.75. The third-order valence-electron chi connectivity index (χ3n) is 5.41. The molecule has 0 fully saturated rings. The van der Waals surface area contributed by atoms with Crippen LogP contribution in [-0.2, 0) is 17.6 Å². The monoisotopic (exact) mass is 442 g/mol. The first-order valence-electron chi connectivity index (χ1n) is 10.0. The van der Waals surface area contributed by atoms with Crippen LogP contribution in [0.5, 0.6) is 11.5 Å². The van der Waals surface area contributed by atoms with Gasteiger partial charge in [0.15, 0.2) is 11.5 Å². The van der Waals surface area contributed by atoms with Gasteiger partial charge in [0.2, 0.25) is 5.91 Å². The summed E-state index contributed by atoms with van der Waals surface area (Å²) in [5.74, 6) is 1.48. The summed E-state index contributed by atoms with van der Waals surface area (Å²) in [7, 11) is 3.26. The van der Waals surface area contributed by atoms with Gasteiger partial charge >= 0.3 is 0 Å². The number of hydrogen-bond donors (Lipinski definition) is 1. The first-order chi connectivity index (χ1) is 14.7. The topological polar surface area (TPSA) is 50.8 Å². The van der Waals surface area contributed by atoms with E-state index in [-0.39, 0.29) is 11.9 Å². The standard InChI is InChI=1S/C23H26N2O3S2/c1-27-18-6-5-16(14-19(18)28-2)7-10-24-22(26)15-25-11-8-20-17(9-13-30-20)23(25)21-4-3-12-29-21/h3-6,9,12-14,23H,7-8,10-11,15H2,1-2H3,(H,24,26). The van der Waals surface area contributed by atoms with Crippen LogP contribution in [0.25, 0.3) is 0 Å². The lowest BCUT2D eigenvalue weighted by molar-refractivity contribution is -0.122. The number of fused-ring (bicyclic) bond motifs is 1. The van der Waals surface area contributed by atoms with E-state index >= 15 is 0 Å². The normalized spacial score (nSPS) is 16.1. The second-order valence-electron chi connectivity index (χ2n) is 7.23. The van der Waals surface area contributed by atoms with E-state index in [1.165, 1.54) is 15.3 Å². The van der Waals surface area contributed by atoms with Crippen LogP contribution in [0.4, 0.5) is 0 Å². The number of thiophene rings is 2. The quantitative estimate of drug-likeness (QED) is 0.570. The van der Waals surface area contributed by atoms with Crippen LogP contribution in [0.1, 0.15) is 26.9 Å². The minimum atomic E-state index is 0.0655. The van der Waals surface area contributed by atoms with E-state index in [0.29, 0.717) is 24.6 Å². The number of nitrogens with one attached hydrogen (secondary N) is 1. The third-order valence-corrected chi connectivity index (χ3v) is 7.33. The molecule has 1 unspecified atom stereocenters. The second kappa shape index (κ2) is 9.64. The molecule has 5 nitrogen and oxygen atoms in total. The van der Waals surface area contributed by atoms with Crippen molar-refractivity contribution in [2.75, 3.05) is 33.9 Å². The molecule has 1 atom stereocenters. The predicted octanol–water partition coefficient (Wildman–Crippen LogP) is 4.13. The molecule has 30 heavy (non-hydrogen) atoms. The fourth-order valence-electron chi connectivity index (χ4n) is 3.94. The van der Waals surface area contributed by atoms with Gasteiger partial charge in [0.05, 0.1) is 26.8 Å². The summed E-state index contributed by atoms with van der Waals surface area (Å²) < 4.78 is 10.6. The lowest BCUT2D eigenvalue weighted by Crippen LogP contribution is -2.42. The fourth-order valence-corrected chi connectivity index (χ4v) is 5.72. The van der Waals surface area contributed by atoms with Gasteiger partial charge in [-0.1, -0.05) is 12.1 Å². The molecule has 3 heterocycles. The van der Waals surface area contributed by atoms with Gasteiger partial charge in [-0.05, 0) is 59.0 Å². The number of methoxy groups -OCH3 is 2. The van der Waals surface area contributed by atoms with Gasteiger partial charge in [0, 0.05) is 22.8 Å². The Bertz CT molecular complexity index is 984. The summed E-state index contributed by atoms with van der Waals surface area (Å²) >= 11 is 3.58. The molecule has 0 saturated heterocycles. The number of hydrogen-bond acceptors (Lipinski definition) is 6. The summed E-state index contributed by atoms with van der Waals surface area (Å²) in [5, 5.41) is 7.35. The molecule has 0 bridgehead atoms. The molecule has 3 aromatic rings. The zero-order valence-electron chi connectivity index (χ0n) is 17.2. The maximum atomic E-state index is 12.7. The van der Waals surface area contributed by atoms with Gasteiger partial charge in [0.1, 0.15) is 0 Å². The van der Waals surface area contributed by atoms with Gasteiger partial charge in [-0.3, -0.25) is 9.69 Å². The van der Waals surface area contributed by atoms with Crippen molar-refractivity contribution in [3.63, 3.8) is 0 Å². The summed E-state index contributed by atoms with van der Waals surface area (Å²) in [5.41, 5.74) is 2.46. The van der Waals surface area contributed by atoms with E-state index in [4.69, 9.17) is 9.47 Å². The molecule has 7 heteroatoms. The number of rotatable bonds is 8. The molecular weight excluding hydrogens is 416 g/mol. The van der Waals surface area contributed by atoms with Gasteiger partial charge in [-0.2, -0.15) is 0 Å². The molecule has 1 amide bonds. The van der Waals surface area contributed by atoms with Crippen LogP contribution in [-0.4, -0.2) is 44.7 Å². The highest BCUT2D eigenvalue weighted by Gasteiger charge is 2.31. The number of ether oxygens (including phenoxy) is 2. The molecule has 1 aliphatic rings. The number of nitrogens with zero attached hydrogens (tertiary/aromatic N) is 1. The van der Waals surface area contributed by atoms with E-state index in [9.17, 15) is 4.79 Å². The van der Waals surface area contributed by atoms with Gasteiger partial charge in [-0.25, -0.2) is 0 Å². The SMILES string of the molecule is COc1ccc(CCNC(=O)CN2CCc3sccc3C2c2cccs2)cc1OC. The van der Waals surface area contributed by atoms with Crippen LogP contribution in [0.15, 0.2) is 47.2 Å². The van der Waals surface area contributed by atoms with Crippen molar-refractivity contribution in [1.29, 1.82) is 0 Å². The van der Waals surface area contributed by atoms with Crippen LogP contribution in [0.2, 0.25) is 0 Å². The molecule has 158 valence electrons. The third kappa shape index (κ3) is 4.53. The van der Waals surface area contributed by atoms with Crippen LogP contribution < -0.4 is 14.8 Å². The number of carbonyl (C=O) groups excluding carboxylic acids is 1. The van der Waals surface area contributed by atoms with E-state index in [1.54, 1.807) is 25.6 Å². The molecule has 0 spiro atoms. The van der Waals surface area contributed by atoms with Crippen LogP contribution >= 0.6 is 22.7 Å². The molecule has 1 aliphatic heterocycles. The highest BCUT2D eigenvalue weighted by atomic mass is 32.1. The van der Waals surface area contributed by atoms with E-state index < -0.39 is 0 Å². The minimum Gasteiger partial charge on any atom is -0.493 e. The van der Waals surface area contributed by atoms with Crippen molar-refractivity contribution in [1.82, 2.24) is 10.2 Å². The summed E-state index contributed by atoms with van der Waals surface area (Å²) in [6.45, 7) is 1.90. The van der Waals surface area contributed by atoms with Crippen LogP contribution in [0, 0.1) is 0 Å². The first kappa shape index (κ1) is 20.9. The van der Waals surface area contributed by atoms with Crippen molar-refractivity contribution < 1.29 is 14.3 Å². The highest BCUT2D eigenvalue weighted by Crippen LogP contribution is 2.39. The largest absolute Gasteiger partial charge is 0.493 e. The van der Waals surface area contributed by atoms with Crippen molar-refractivity contribution >= 4 is 28.6 Å². The fraction of sp³-hybridized carbons (Fsp3) is 0.348. The van der Waals surface area contributed by atoms with Crippen molar-refractivity contribution in [3.8, 4) is 11.5 Å². The summed E-state index contributed by atoms with van der Waals surface area (Å²) in [4.78, 5) is 17.7. The molecule has 0 radical (unpaired) electrons. The van der Waals surface area contributed by atoms with Gasteiger partial charge < -0.3 is 14.8 Å². The minimum absolute atomic E-state index is 0.0655. The number of carbonyl (C=O) groups is 1. The Morgan fingerprint density at radius 2 is 2.00 bits per heavy atom. The van der Waals surface area contributed by atoms with Gasteiger partial charge in [0.25, 0.3) is 0 Å². The highest BCUT2D eigenvalue weighted by molar-refractivity contribution is 7.10. The van der Waals surface area contributed by atoms with E-state index in [0.717, 1.165) is 24.9 Å². The Balaban J connectivity index is 1.36. The van der Waals surface area contributed by atoms with Crippen molar-refractivity contribution in [3.05, 3.63) is 68.0 Å². The number of benzene rings is 1. The Labute approximate surface area is 185 Å². The average molecular weight is 443 g/mol. The smallest absolute Gasteiger partial charge is 0.234 e. The molecule has 4 rings (SSSR count). The maximum absolute atomic E-state index is 12.7. The Hall–Kier alpha value is -2.35. The molecule has 0 saturated carbocycles. The Kier molecular flexibility index (Phi) is 6.72. The molecule has 2 aromatic heterocycles. The van der Waals surface area contributed by atoms with E-state index in [1.807, 2.05) is 29.5 Å². The Morgan fingerprint density at radius 1 is 1.13 bits per heavy atom. The molecule has 1 N–H and O–H groups in total. The lowest BCUT2D eigenvalue weighted by atomic mass is 9.98. The Morgan fingerprint density at radius 3 is 2.77 bits per heavy atom. The molecular formula is C23H26N2O3S2. The second-order valence-corrected chi connectivity index (χ2v) is 9.21. The lowest BCUT2D eigenvalue weighted by Gasteiger charge is -2.34. The van der Waals surface area contributed by atoms with Crippen molar-refractivity contribution in [2.24, 2.45) is 0 Å². The first-order valence-corrected chi connectivity index (χ1v) is 11.8. The van der Waals surface area contributed by atoms with Crippen LogP contribution in [0.3, 0.4) is 0 Å². The zero-order chi connectivity index (χ0) is 20.9. The number of amides is 1. The predicted molar refractivity (Wildman–Crippen MR) is 122 cm³/mol. The maximum Gasteiger partial charge on any atom is 0.234 e. The van der Waals surface area contributed by atoms with Gasteiger partial charge in [-0.15, -0.1) is 22.7 Å². The molecule has 0 aliphatic carbocycles. The summed E-state index contributed by atoms with van der Waals surface area (Å²) in [6, 6.07) is 12.5. The molecule has 1 aromatic carbocycles. The van der Waals surface area contributed by atoms with E-state index in [2.05, 4.69) is 39.2 Å².